The molecule has 0 fully saturated rings. The first-order valence-corrected chi connectivity index (χ1v) is 4.90. The molecule has 1 atom stereocenters. The zero-order valence-corrected chi connectivity index (χ0v) is 9.01. The van der Waals surface area contributed by atoms with E-state index in [1.165, 1.54) is 0 Å². The van der Waals surface area contributed by atoms with Crippen LogP contribution in [0.1, 0.15) is 34.5 Å². The molecule has 0 N–H and O–H groups in total. The van der Waals surface area contributed by atoms with Gasteiger partial charge < -0.3 is 4.74 Å². The lowest BCUT2D eigenvalue weighted by Gasteiger charge is -2.07. The molecule has 13 heavy (non-hydrogen) atoms. The van der Waals surface area contributed by atoms with Crippen molar-refractivity contribution >= 4 is 21.9 Å². The molecule has 1 unspecified atom stereocenters. The molecule has 2 rings (SSSR count). The lowest BCUT2D eigenvalue weighted by Crippen LogP contribution is -1.93. The van der Waals surface area contributed by atoms with Gasteiger partial charge in [0, 0.05) is 10.0 Å². The van der Waals surface area contributed by atoms with E-state index >= 15 is 0 Å². The summed E-state index contributed by atoms with van der Waals surface area (Å²) in [5.41, 5.74) is 2.81. The second kappa shape index (κ2) is 2.84. The molecule has 0 spiro atoms. The van der Waals surface area contributed by atoms with Crippen LogP contribution in [-0.2, 0) is 4.74 Å². The molecule has 0 bridgehead atoms. The van der Waals surface area contributed by atoms with Crippen LogP contribution < -0.4 is 0 Å². The predicted octanol–water partition coefficient (Wildman–Crippen LogP) is 2.99. The summed E-state index contributed by atoms with van der Waals surface area (Å²) in [4.78, 5) is 11.3. The van der Waals surface area contributed by atoms with E-state index in [0.29, 0.717) is 5.56 Å². The highest BCUT2D eigenvalue weighted by molar-refractivity contribution is 9.10. The Morgan fingerprint density at radius 2 is 2.15 bits per heavy atom. The first kappa shape index (κ1) is 8.75. The number of halogens is 1. The second-order valence-electron chi connectivity index (χ2n) is 3.18. The number of hydrogen-bond donors (Lipinski definition) is 0. The second-order valence-corrected chi connectivity index (χ2v) is 4.04. The summed E-state index contributed by atoms with van der Waals surface area (Å²) in [6.45, 7) is 3.88. The highest BCUT2D eigenvalue weighted by Gasteiger charge is 2.29. The topological polar surface area (TPSA) is 26.3 Å². The van der Waals surface area contributed by atoms with Gasteiger partial charge in [-0.05, 0) is 31.5 Å². The van der Waals surface area contributed by atoms with Gasteiger partial charge in [0.25, 0.3) is 0 Å². The fourth-order valence-electron chi connectivity index (χ4n) is 1.69. The van der Waals surface area contributed by atoms with E-state index in [1.807, 2.05) is 19.9 Å². The number of benzene rings is 1. The van der Waals surface area contributed by atoms with Crippen molar-refractivity contribution in [1.82, 2.24) is 0 Å². The van der Waals surface area contributed by atoms with Gasteiger partial charge in [-0.25, -0.2) is 4.79 Å². The van der Waals surface area contributed by atoms with Crippen molar-refractivity contribution in [3.63, 3.8) is 0 Å². The van der Waals surface area contributed by atoms with E-state index in [9.17, 15) is 4.79 Å². The van der Waals surface area contributed by atoms with Gasteiger partial charge in [0.1, 0.15) is 6.10 Å². The Kier molecular flexibility index (Phi) is 1.91. The summed E-state index contributed by atoms with van der Waals surface area (Å²) in [5, 5.41) is 0. The highest BCUT2D eigenvalue weighted by atomic mass is 79.9. The largest absolute Gasteiger partial charge is 0.454 e. The van der Waals surface area contributed by atoms with Crippen LogP contribution in [0, 0.1) is 6.92 Å². The SMILES string of the molecule is Cc1c(Br)ccc2c1C(C)OC2=O. The van der Waals surface area contributed by atoms with Gasteiger partial charge in [0.15, 0.2) is 0 Å². The number of fused-ring (bicyclic) bond motifs is 1. The standard InChI is InChI=1S/C10H9BrO2/c1-5-8(11)4-3-7-9(5)6(2)13-10(7)12/h3-4,6H,1-2H3. The van der Waals surface area contributed by atoms with Crippen LogP contribution in [0.3, 0.4) is 0 Å². The van der Waals surface area contributed by atoms with Gasteiger partial charge in [0.05, 0.1) is 5.56 Å². The molecule has 0 amide bonds. The van der Waals surface area contributed by atoms with E-state index in [4.69, 9.17) is 4.74 Å². The molecule has 0 aromatic heterocycles. The van der Waals surface area contributed by atoms with Crippen molar-refractivity contribution in [2.75, 3.05) is 0 Å². The summed E-state index contributed by atoms with van der Waals surface area (Å²) < 4.78 is 6.13. The fraction of sp³-hybridized carbons (Fsp3) is 0.300. The van der Waals surface area contributed by atoms with E-state index in [0.717, 1.165) is 15.6 Å². The normalized spacial score (nSPS) is 19.9. The maximum atomic E-state index is 11.3. The number of hydrogen-bond acceptors (Lipinski definition) is 2. The van der Waals surface area contributed by atoms with Crippen LogP contribution in [0.5, 0.6) is 0 Å². The molecule has 0 radical (unpaired) electrons. The molecule has 1 aliphatic heterocycles. The molecule has 68 valence electrons. The van der Waals surface area contributed by atoms with Gasteiger partial charge >= 0.3 is 5.97 Å². The number of rotatable bonds is 0. The highest BCUT2D eigenvalue weighted by Crippen LogP contribution is 2.35. The maximum absolute atomic E-state index is 11.3. The van der Waals surface area contributed by atoms with E-state index in [1.54, 1.807) is 6.07 Å². The van der Waals surface area contributed by atoms with Gasteiger partial charge in [-0.2, -0.15) is 0 Å². The molecule has 0 saturated heterocycles. The van der Waals surface area contributed by atoms with Crippen LogP contribution in [0.15, 0.2) is 16.6 Å². The number of cyclic esters (lactones) is 1. The van der Waals surface area contributed by atoms with Gasteiger partial charge in [-0.15, -0.1) is 0 Å². The lowest BCUT2D eigenvalue weighted by atomic mass is 10.0. The zero-order valence-electron chi connectivity index (χ0n) is 7.43. The molecule has 1 heterocycles. The fourth-order valence-corrected chi connectivity index (χ4v) is 2.03. The predicted molar refractivity (Wildman–Crippen MR) is 52.7 cm³/mol. The van der Waals surface area contributed by atoms with Crippen molar-refractivity contribution in [3.8, 4) is 0 Å². The average Bonchev–Trinajstić information content (AvgIpc) is 2.35. The Bertz CT molecular complexity index is 385. The van der Waals surface area contributed by atoms with Gasteiger partial charge in [0.2, 0.25) is 0 Å². The number of carbonyl (C=O) groups is 1. The number of esters is 1. The molecule has 1 aliphatic rings. The number of carbonyl (C=O) groups excluding carboxylic acids is 1. The molecule has 1 aromatic carbocycles. The van der Waals surface area contributed by atoms with E-state index in [2.05, 4.69) is 15.9 Å². The minimum absolute atomic E-state index is 0.111. The van der Waals surface area contributed by atoms with Gasteiger partial charge in [-0.3, -0.25) is 0 Å². The van der Waals surface area contributed by atoms with Crippen LogP contribution in [0.2, 0.25) is 0 Å². The van der Waals surface area contributed by atoms with Crippen LogP contribution in [0.25, 0.3) is 0 Å². The Morgan fingerprint density at radius 1 is 1.46 bits per heavy atom. The smallest absolute Gasteiger partial charge is 0.339 e. The summed E-state index contributed by atoms with van der Waals surface area (Å²) in [6, 6.07) is 3.69. The quantitative estimate of drug-likeness (QED) is 0.652. The molecular formula is C10H9BrO2. The molecule has 0 aliphatic carbocycles. The third kappa shape index (κ3) is 1.18. The summed E-state index contributed by atoms with van der Waals surface area (Å²) in [6.07, 6.45) is -0.111. The Hall–Kier alpha value is -0.830. The third-order valence-electron chi connectivity index (χ3n) is 2.36. The van der Waals surface area contributed by atoms with Gasteiger partial charge in [-0.1, -0.05) is 15.9 Å². The minimum Gasteiger partial charge on any atom is -0.454 e. The summed E-state index contributed by atoms with van der Waals surface area (Å²) in [5.74, 6) is -0.210. The van der Waals surface area contributed by atoms with Crippen molar-refractivity contribution in [2.24, 2.45) is 0 Å². The molecule has 0 saturated carbocycles. The summed E-state index contributed by atoms with van der Waals surface area (Å²) >= 11 is 3.43. The maximum Gasteiger partial charge on any atom is 0.339 e. The average molecular weight is 241 g/mol. The van der Waals surface area contributed by atoms with Crippen molar-refractivity contribution < 1.29 is 9.53 Å². The Morgan fingerprint density at radius 3 is 2.85 bits per heavy atom. The third-order valence-corrected chi connectivity index (χ3v) is 3.22. The summed E-state index contributed by atoms with van der Waals surface area (Å²) in [7, 11) is 0. The zero-order chi connectivity index (χ0) is 9.59. The van der Waals surface area contributed by atoms with Crippen LogP contribution >= 0.6 is 15.9 Å². The lowest BCUT2D eigenvalue weighted by molar-refractivity contribution is 0.0421. The van der Waals surface area contributed by atoms with Crippen molar-refractivity contribution in [1.29, 1.82) is 0 Å². The van der Waals surface area contributed by atoms with Crippen molar-refractivity contribution in [2.45, 2.75) is 20.0 Å². The number of ether oxygens (including phenoxy) is 1. The molecule has 1 aromatic rings. The molecular weight excluding hydrogens is 232 g/mol. The van der Waals surface area contributed by atoms with Crippen LogP contribution in [0.4, 0.5) is 0 Å². The van der Waals surface area contributed by atoms with E-state index < -0.39 is 0 Å². The van der Waals surface area contributed by atoms with Crippen LogP contribution in [-0.4, -0.2) is 5.97 Å². The van der Waals surface area contributed by atoms with E-state index in [-0.39, 0.29) is 12.1 Å². The first-order valence-electron chi connectivity index (χ1n) is 4.11. The van der Waals surface area contributed by atoms with Crippen molar-refractivity contribution in [3.05, 3.63) is 33.3 Å². The first-order chi connectivity index (χ1) is 6.11. The monoisotopic (exact) mass is 240 g/mol. The Labute approximate surface area is 85.0 Å². The molecule has 3 heteroatoms. The molecule has 2 nitrogen and oxygen atoms in total. The minimum atomic E-state index is -0.210. The Balaban J connectivity index is 2.70.